The third-order valence-electron chi connectivity index (χ3n) is 5.13. The van der Waals surface area contributed by atoms with Gasteiger partial charge in [0.1, 0.15) is 4.21 Å². The van der Waals surface area contributed by atoms with Crippen molar-refractivity contribution in [3.05, 3.63) is 18.0 Å². The Bertz CT molecular complexity index is 816. The molecule has 0 saturated heterocycles. The van der Waals surface area contributed by atoms with Crippen LogP contribution in [0, 0.1) is 0 Å². The molecule has 2 saturated carbocycles. The van der Waals surface area contributed by atoms with Gasteiger partial charge >= 0.3 is 0 Å². The first-order chi connectivity index (χ1) is 12.1. The number of rotatable bonds is 5. The lowest BCUT2D eigenvalue weighted by molar-refractivity contribution is 0.338. The fourth-order valence-corrected chi connectivity index (χ4v) is 5.96. The van der Waals surface area contributed by atoms with Crippen LogP contribution in [0.1, 0.15) is 69.6 Å². The monoisotopic (exact) mass is 381 g/mol. The Morgan fingerprint density at radius 2 is 1.76 bits per heavy atom. The minimum Gasteiger partial charge on any atom is -0.420 e. The summed E-state index contributed by atoms with van der Waals surface area (Å²) in [5.41, 5.74) is 0. The van der Waals surface area contributed by atoms with Crippen LogP contribution in [0.2, 0.25) is 0 Å². The second-order valence-corrected chi connectivity index (χ2v) is 10.0. The molecule has 6 nitrogen and oxygen atoms in total. The summed E-state index contributed by atoms with van der Waals surface area (Å²) >= 11 is 1.19. The molecule has 1 N–H and O–H groups in total. The molecule has 136 valence electrons. The zero-order valence-electron chi connectivity index (χ0n) is 14.1. The van der Waals surface area contributed by atoms with E-state index in [4.69, 9.17) is 4.42 Å². The van der Waals surface area contributed by atoms with Crippen molar-refractivity contribution in [1.29, 1.82) is 0 Å². The fraction of sp³-hybridized carbons (Fsp3) is 0.647. The van der Waals surface area contributed by atoms with Crippen molar-refractivity contribution in [3.63, 3.8) is 0 Å². The summed E-state index contributed by atoms with van der Waals surface area (Å²) in [5, 5.41) is 8.21. The molecule has 0 aromatic carbocycles. The normalized spacial score (nSPS) is 20.3. The smallest absolute Gasteiger partial charge is 0.257 e. The molecule has 0 radical (unpaired) electrons. The lowest BCUT2D eigenvalue weighted by atomic mass is 9.85. The van der Waals surface area contributed by atoms with Crippen molar-refractivity contribution < 1.29 is 12.8 Å². The summed E-state index contributed by atoms with van der Waals surface area (Å²) in [4.78, 5) is 0.708. The molecule has 2 aliphatic carbocycles. The second kappa shape index (κ2) is 7.17. The molecule has 0 bridgehead atoms. The highest BCUT2D eigenvalue weighted by molar-refractivity contribution is 7.91. The highest BCUT2D eigenvalue weighted by Gasteiger charge is 2.27. The molecule has 2 aromatic heterocycles. The number of thiophene rings is 1. The third kappa shape index (κ3) is 3.80. The Kier molecular flexibility index (Phi) is 4.92. The summed E-state index contributed by atoms with van der Waals surface area (Å²) in [6.45, 7) is 0. The topological polar surface area (TPSA) is 85.1 Å². The molecular weight excluding hydrogens is 358 g/mol. The molecule has 2 aromatic rings. The lowest BCUT2D eigenvalue weighted by Gasteiger charge is -2.20. The standard InChI is InChI=1S/C17H23N3O3S2/c21-25(22,20-13-8-3-1-2-4-9-13)15-11-10-14(24-15)17-19-18-16(23-17)12-6-5-7-12/h10-13,20H,1-9H2. The fourth-order valence-electron chi connectivity index (χ4n) is 3.41. The van der Waals surface area contributed by atoms with E-state index in [1.165, 1.54) is 30.6 Å². The Balaban J connectivity index is 1.48. The largest absolute Gasteiger partial charge is 0.420 e. The van der Waals surface area contributed by atoms with Crippen LogP contribution in [-0.4, -0.2) is 24.7 Å². The second-order valence-electron chi connectivity index (χ2n) is 7.00. The van der Waals surface area contributed by atoms with E-state index in [-0.39, 0.29) is 6.04 Å². The molecule has 4 rings (SSSR count). The zero-order valence-corrected chi connectivity index (χ0v) is 15.7. The van der Waals surface area contributed by atoms with Gasteiger partial charge < -0.3 is 4.42 Å². The number of hydrogen-bond donors (Lipinski definition) is 1. The Morgan fingerprint density at radius 3 is 2.44 bits per heavy atom. The van der Waals surface area contributed by atoms with E-state index in [0.29, 0.717) is 26.8 Å². The van der Waals surface area contributed by atoms with Crippen molar-refractivity contribution in [2.45, 2.75) is 74.0 Å². The number of aromatic nitrogens is 2. The predicted octanol–water partition coefficient (Wildman–Crippen LogP) is 4.07. The maximum absolute atomic E-state index is 12.7. The van der Waals surface area contributed by atoms with E-state index in [2.05, 4.69) is 14.9 Å². The van der Waals surface area contributed by atoms with Crippen LogP contribution >= 0.6 is 11.3 Å². The molecule has 2 fully saturated rings. The molecule has 0 amide bonds. The van der Waals surface area contributed by atoms with Crippen LogP contribution in [-0.2, 0) is 10.0 Å². The quantitative estimate of drug-likeness (QED) is 0.789. The first kappa shape index (κ1) is 17.2. The van der Waals surface area contributed by atoms with E-state index >= 15 is 0 Å². The van der Waals surface area contributed by atoms with Gasteiger partial charge in [0.25, 0.3) is 5.89 Å². The van der Waals surface area contributed by atoms with Crippen molar-refractivity contribution in [1.82, 2.24) is 14.9 Å². The third-order valence-corrected chi connectivity index (χ3v) is 8.21. The van der Waals surface area contributed by atoms with Gasteiger partial charge in [-0.2, -0.15) is 0 Å². The van der Waals surface area contributed by atoms with Gasteiger partial charge in [-0.3, -0.25) is 0 Å². The molecule has 0 spiro atoms. The average molecular weight is 382 g/mol. The van der Waals surface area contributed by atoms with Gasteiger partial charge in [0.05, 0.1) is 4.88 Å². The van der Waals surface area contributed by atoms with Gasteiger partial charge in [-0.1, -0.05) is 32.1 Å². The molecular formula is C17H23N3O3S2. The van der Waals surface area contributed by atoms with E-state index in [1.54, 1.807) is 12.1 Å². The SMILES string of the molecule is O=S(=O)(NC1CCCCCC1)c1ccc(-c2nnc(C3CCC3)o2)s1. The van der Waals surface area contributed by atoms with E-state index < -0.39 is 10.0 Å². The van der Waals surface area contributed by atoms with Gasteiger partial charge in [-0.15, -0.1) is 21.5 Å². The van der Waals surface area contributed by atoms with Crippen LogP contribution in [0.4, 0.5) is 0 Å². The molecule has 8 heteroatoms. The number of sulfonamides is 1. The van der Waals surface area contributed by atoms with Crippen molar-refractivity contribution in [2.75, 3.05) is 0 Å². The van der Waals surface area contributed by atoms with E-state index in [0.717, 1.165) is 38.5 Å². The van der Waals surface area contributed by atoms with Gasteiger partial charge in [0.2, 0.25) is 15.9 Å². The minimum absolute atomic E-state index is 0.0478. The van der Waals surface area contributed by atoms with Gasteiger partial charge in [0, 0.05) is 12.0 Å². The molecule has 0 unspecified atom stereocenters. The first-order valence-electron chi connectivity index (χ1n) is 9.08. The molecule has 2 aliphatic rings. The van der Waals surface area contributed by atoms with Gasteiger partial charge in [-0.25, -0.2) is 13.1 Å². The van der Waals surface area contributed by atoms with E-state index in [9.17, 15) is 8.42 Å². The summed E-state index contributed by atoms with van der Waals surface area (Å²) in [5.74, 6) is 1.47. The lowest BCUT2D eigenvalue weighted by Crippen LogP contribution is -2.33. The van der Waals surface area contributed by atoms with Crippen molar-refractivity contribution in [2.24, 2.45) is 0 Å². The Morgan fingerprint density at radius 1 is 1.00 bits per heavy atom. The Labute approximate surface area is 152 Å². The van der Waals surface area contributed by atoms with Crippen LogP contribution in [0.5, 0.6) is 0 Å². The molecule has 0 aliphatic heterocycles. The molecule has 0 atom stereocenters. The maximum Gasteiger partial charge on any atom is 0.257 e. The van der Waals surface area contributed by atoms with Crippen LogP contribution < -0.4 is 4.72 Å². The zero-order chi connectivity index (χ0) is 17.3. The molecule has 2 heterocycles. The minimum atomic E-state index is -3.49. The number of nitrogens with zero attached hydrogens (tertiary/aromatic N) is 2. The first-order valence-corrected chi connectivity index (χ1v) is 11.4. The maximum atomic E-state index is 12.7. The summed E-state index contributed by atoms with van der Waals surface area (Å²) in [6.07, 6.45) is 9.82. The predicted molar refractivity (Wildman–Crippen MR) is 96.0 cm³/mol. The van der Waals surface area contributed by atoms with Gasteiger partial charge in [0.15, 0.2) is 0 Å². The average Bonchev–Trinajstić information content (AvgIpc) is 3.12. The summed E-state index contributed by atoms with van der Waals surface area (Å²) < 4.78 is 34.2. The number of nitrogens with one attached hydrogen (secondary N) is 1. The van der Waals surface area contributed by atoms with Gasteiger partial charge in [-0.05, 0) is 37.8 Å². The molecule has 25 heavy (non-hydrogen) atoms. The highest BCUT2D eigenvalue weighted by Crippen LogP contribution is 2.37. The van der Waals surface area contributed by atoms with Crippen LogP contribution in [0.25, 0.3) is 10.8 Å². The highest BCUT2D eigenvalue weighted by atomic mass is 32.2. The number of hydrogen-bond acceptors (Lipinski definition) is 6. The van der Waals surface area contributed by atoms with Crippen LogP contribution in [0.3, 0.4) is 0 Å². The summed E-state index contributed by atoms with van der Waals surface area (Å²) in [6, 6.07) is 3.43. The van der Waals surface area contributed by atoms with Crippen molar-refractivity contribution >= 4 is 21.4 Å². The Hall–Kier alpha value is -1.25. The summed E-state index contributed by atoms with van der Waals surface area (Å²) in [7, 11) is -3.49. The van der Waals surface area contributed by atoms with Crippen molar-refractivity contribution in [3.8, 4) is 10.8 Å². The van der Waals surface area contributed by atoms with Crippen LogP contribution in [0.15, 0.2) is 20.8 Å². The van der Waals surface area contributed by atoms with E-state index in [1.807, 2.05) is 0 Å².